The van der Waals surface area contributed by atoms with Crippen LogP contribution in [-0.4, -0.2) is 31.7 Å². The Hall–Kier alpha value is -2.63. The maximum Gasteiger partial charge on any atom is 0.322 e. The van der Waals surface area contributed by atoms with Crippen LogP contribution in [0.1, 0.15) is 17.5 Å². The number of halogens is 1. The van der Waals surface area contributed by atoms with Gasteiger partial charge in [-0.2, -0.15) is 0 Å². The van der Waals surface area contributed by atoms with Crippen LogP contribution in [0.2, 0.25) is 0 Å². The van der Waals surface area contributed by atoms with E-state index >= 15 is 0 Å². The van der Waals surface area contributed by atoms with Crippen LogP contribution < -0.4 is 15.1 Å². The Morgan fingerprint density at radius 2 is 2.21 bits per heavy atom. The number of aryl methyl sites for hydroxylation is 1. The number of benzene rings is 1. The normalized spacial score (nSPS) is 13.4. The first-order chi connectivity index (χ1) is 11.6. The fourth-order valence-electron chi connectivity index (χ4n) is 3.00. The van der Waals surface area contributed by atoms with E-state index in [-0.39, 0.29) is 11.8 Å². The van der Waals surface area contributed by atoms with Crippen LogP contribution in [0.4, 0.5) is 20.7 Å². The SMILES string of the molecule is CN(C)c1ncccc1CNC(=O)N1CCCc2ccc(F)cc21. The molecule has 0 unspecified atom stereocenters. The number of anilines is 2. The number of carbonyl (C=O) groups excluding carboxylic acids is 1. The fraction of sp³-hybridized carbons (Fsp3) is 0.333. The van der Waals surface area contributed by atoms with E-state index in [1.54, 1.807) is 17.2 Å². The number of aromatic nitrogens is 1. The summed E-state index contributed by atoms with van der Waals surface area (Å²) in [4.78, 5) is 20.4. The highest BCUT2D eigenvalue weighted by Gasteiger charge is 2.23. The fourth-order valence-corrected chi connectivity index (χ4v) is 3.00. The van der Waals surface area contributed by atoms with E-state index in [0.29, 0.717) is 18.8 Å². The first-order valence-corrected chi connectivity index (χ1v) is 8.01. The maximum atomic E-state index is 13.6. The molecule has 0 aliphatic carbocycles. The molecule has 2 amide bonds. The Morgan fingerprint density at radius 1 is 1.38 bits per heavy atom. The molecule has 2 aromatic rings. The molecule has 0 saturated heterocycles. The van der Waals surface area contributed by atoms with Gasteiger partial charge in [0.1, 0.15) is 11.6 Å². The average molecular weight is 328 g/mol. The van der Waals surface area contributed by atoms with Gasteiger partial charge in [-0.15, -0.1) is 0 Å². The van der Waals surface area contributed by atoms with Gasteiger partial charge in [0.05, 0.1) is 5.69 Å². The summed E-state index contributed by atoms with van der Waals surface area (Å²) < 4.78 is 13.6. The number of amides is 2. The lowest BCUT2D eigenvalue weighted by Gasteiger charge is -2.29. The number of carbonyl (C=O) groups is 1. The number of hydrogen-bond acceptors (Lipinski definition) is 3. The van der Waals surface area contributed by atoms with Crippen molar-refractivity contribution in [3.63, 3.8) is 0 Å². The van der Waals surface area contributed by atoms with Crippen molar-refractivity contribution < 1.29 is 9.18 Å². The van der Waals surface area contributed by atoms with Crippen molar-refractivity contribution in [1.29, 1.82) is 0 Å². The van der Waals surface area contributed by atoms with Gasteiger partial charge in [0.2, 0.25) is 0 Å². The standard InChI is InChI=1S/C18H21FN4O/c1-22(2)17-14(5-3-9-20-17)12-21-18(24)23-10-4-6-13-7-8-15(19)11-16(13)23/h3,5,7-9,11H,4,6,10,12H2,1-2H3,(H,21,24). The molecule has 2 heterocycles. The van der Waals surface area contributed by atoms with Crippen LogP contribution in [0.5, 0.6) is 0 Å². The second kappa shape index (κ2) is 6.86. The van der Waals surface area contributed by atoms with E-state index in [9.17, 15) is 9.18 Å². The molecule has 0 atom stereocenters. The summed E-state index contributed by atoms with van der Waals surface area (Å²) in [6.45, 7) is 0.969. The number of pyridine rings is 1. The quantitative estimate of drug-likeness (QED) is 0.942. The Kier molecular flexibility index (Phi) is 4.64. The van der Waals surface area contributed by atoms with Crippen LogP contribution in [0.25, 0.3) is 0 Å². The Balaban J connectivity index is 1.74. The third-order valence-electron chi connectivity index (χ3n) is 4.13. The first kappa shape index (κ1) is 16.2. The number of nitrogens with one attached hydrogen (secondary N) is 1. The van der Waals surface area contributed by atoms with Crippen LogP contribution >= 0.6 is 0 Å². The molecule has 1 aromatic carbocycles. The van der Waals surface area contributed by atoms with E-state index in [1.807, 2.05) is 31.1 Å². The van der Waals surface area contributed by atoms with Crippen molar-refractivity contribution in [1.82, 2.24) is 10.3 Å². The van der Waals surface area contributed by atoms with Crippen LogP contribution in [0, 0.1) is 5.82 Å². The average Bonchev–Trinajstić information content (AvgIpc) is 2.59. The van der Waals surface area contributed by atoms with Gasteiger partial charge >= 0.3 is 6.03 Å². The lowest BCUT2D eigenvalue weighted by molar-refractivity contribution is 0.245. The summed E-state index contributed by atoms with van der Waals surface area (Å²) in [7, 11) is 3.83. The summed E-state index contributed by atoms with van der Waals surface area (Å²) in [6, 6.07) is 8.21. The van der Waals surface area contributed by atoms with Gasteiger partial charge in [0.15, 0.2) is 0 Å². The van der Waals surface area contributed by atoms with Gasteiger partial charge in [-0.3, -0.25) is 4.90 Å². The lowest BCUT2D eigenvalue weighted by Crippen LogP contribution is -2.42. The molecule has 0 bridgehead atoms. The molecule has 1 aliphatic rings. The zero-order valence-corrected chi connectivity index (χ0v) is 13.9. The molecular weight excluding hydrogens is 307 g/mol. The Labute approximate surface area is 141 Å². The predicted molar refractivity (Wildman–Crippen MR) is 92.9 cm³/mol. The van der Waals surface area contributed by atoms with Crippen molar-refractivity contribution in [2.45, 2.75) is 19.4 Å². The smallest absolute Gasteiger partial charge is 0.322 e. The van der Waals surface area contributed by atoms with Crippen molar-refractivity contribution in [3.8, 4) is 0 Å². The summed E-state index contributed by atoms with van der Waals surface area (Å²) in [5.74, 6) is 0.499. The number of fused-ring (bicyclic) bond motifs is 1. The van der Waals surface area contributed by atoms with Gasteiger partial charge in [-0.1, -0.05) is 12.1 Å². The Bertz CT molecular complexity index is 748. The topological polar surface area (TPSA) is 48.5 Å². The van der Waals surface area contributed by atoms with Crippen molar-refractivity contribution >= 4 is 17.5 Å². The zero-order chi connectivity index (χ0) is 17.1. The third-order valence-corrected chi connectivity index (χ3v) is 4.13. The van der Waals surface area contributed by atoms with E-state index in [0.717, 1.165) is 29.8 Å². The predicted octanol–water partition coefficient (Wildman–Crippen LogP) is 2.95. The highest BCUT2D eigenvalue weighted by atomic mass is 19.1. The minimum Gasteiger partial charge on any atom is -0.362 e. The first-order valence-electron chi connectivity index (χ1n) is 8.01. The van der Waals surface area contributed by atoms with Crippen LogP contribution in [-0.2, 0) is 13.0 Å². The van der Waals surface area contributed by atoms with Crippen molar-refractivity contribution in [2.24, 2.45) is 0 Å². The largest absolute Gasteiger partial charge is 0.362 e. The molecule has 1 aromatic heterocycles. The van der Waals surface area contributed by atoms with Crippen molar-refractivity contribution in [2.75, 3.05) is 30.4 Å². The molecule has 126 valence electrons. The molecule has 1 aliphatic heterocycles. The summed E-state index contributed by atoms with van der Waals surface area (Å²) >= 11 is 0. The second-order valence-electron chi connectivity index (χ2n) is 6.07. The molecule has 6 heteroatoms. The summed E-state index contributed by atoms with van der Waals surface area (Å²) in [6.07, 6.45) is 3.47. The van der Waals surface area contributed by atoms with Gasteiger partial charge < -0.3 is 10.2 Å². The van der Waals surface area contributed by atoms with Crippen LogP contribution in [0.15, 0.2) is 36.5 Å². The highest BCUT2D eigenvalue weighted by molar-refractivity contribution is 5.93. The van der Waals surface area contributed by atoms with Crippen LogP contribution in [0.3, 0.4) is 0 Å². The molecule has 0 spiro atoms. The van der Waals surface area contributed by atoms with E-state index in [2.05, 4.69) is 10.3 Å². The van der Waals surface area contributed by atoms with Gasteiger partial charge in [0, 0.05) is 38.9 Å². The number of nitrogens with zero attached hydrogens (tertiary/aromatic N) is 3. The lowest BCUT2D eigenvalue weighted by atomic mass is 10.0. The number of hydrogen-bond donors (Lipinski definition) is 1. The highest BCUT2D eigenvalue weighted by Crippen LogP contribution is 2.28. The second-order valence-corrected chi connectivity index (χ2v) is 6.07. The van der Waals surface area contributed by atoms with E-state index < -0.39 is 0 Å². The number of urea groups is 1. The third kappa shape index (κ3) is 3.32. The molecule has 0 saturated carbocycles. The van der Waals surface area contributed by atoms with Gasteiger partial charge in [0.25, 0.3) is 0 Å². The minimum atomic E-state index is -0.324. The Morgan fingerprint density at radius 3 is 3.00 bits per heavy atom. The molecule has 5 nitrogen and oxygen atoms in total. The van der Waals surface area contributed by atoms with E-state index in [4.69, 9.17) is 0 Å². The van der Waals surface area contributed by atoms with Gasteiger partial charge in [-0.05, 0) is 36.6 Å². The molecule has 24 heavy (non-hydrogen) atoms. The summed E-state index contributed by atoms with van der Waals surface area (Å²) in [5, 5.41) is 2.92. The molecular formula is C18H21FN4O. The molecule has 0 fully saturated rings. The summed E-state index contributed by atoms with van der Waals surface area (Å²) in [5.41, 5.74) is 2.61. The maximum absolute atomic E-state index is 13.6. The van der Waals surface area contributed by atoms with Crippen molar-refractivity contribution in [3.05, 3.63) is 53.5 Å². The minimum absolute atomic E-state index is 0.213. The molecule has 0 radical (unpaired) electrons. The number of rotatable bonds is 3. The zero-order valence-electron chi connectivity index (χ0n) is 13.9. The monoisotopic (exact) mass is 328 g/mol. The van der Waals surface area contributed by atoms with Gasteiger partial charge in [-0.25, -0.2) is 14.2 Å². The molecule has 1 N–H and O–H groups in total. The molecule has 3 rings (SSSR count). The van der Waals surface area contributed by atoms with E-state index in [1.165, 1.54) is 12.1 Å².